The molecule has 2 amide bonds. The van der Waals surface area contributed by atoms with Gasteiger partial charge in [-0.15, -0.1) is 0 Å². The van der Waals surface area contributed by atoms with Crippen molar-refractivity contribution in [1.82, 2.24) is 20.0 Å². The van der Waals surface area contributed by atoms with E-state index in [1.165, 1.54) is 38.5 Å². The number of piperidine rings is 2. The molecule has 0 bridgehead atoms. The minimum absolute atomic E-state index is 0.0737. The Morgan fingerprint density at radius 1 is 1.03 bits per heavy atom. The van der Waals surface area contributed by atoms with Gasteiger partial charge >= 0.3 is 6.09 Å². The van der Waals surface area contributed by atoms with Gasteiger partial charge in [-0.2, -0.15) is 0 Å². The molecule has 4 rings (SSSR count). The maximum absolute atomic E-state index is 12.3. The van der Waals surface area contributed by atoms with Gasteiger partial charge in [-0.3, -0.25) is 9.69 Å². The van der Waals surface area contributed by atoms with Gasteiger partial charge in [0.05, 0.1) is 12.6 Å². The molecule has 4 fully saturated rings. The van der Waals surface area contributed by atoms with Crippen LogP contribution in [-0.4, -0.2) is 91.2 Å². The Balaban J connectivity index is 1.24. The zero-order chi connectivity index (χ0) is 20.4. The zero-order valence-electron chi connectivity index (χ0n) is 18.2. The lowest BCUT2D eigenvalue weighted by Gasteiger charge is -2.52. The maximum Gasteiger partial charge on any atom is 0.409 e. The number of amides is 2. The molecule has 0 aromatic heterocycles. The Labute approximate surface area is 175 Å². The predicted octanol–water partition coefficient (Wildman–Crippen LogP) is 2.06. The van der Waals surface area contributed by atoms with Crippen molar-refractivity contribution in [2.45, 2.75) is 76.4 Å². The largest absolute Gasteiger partial charge is 0.450 e. The van der Waals surface area contributed by atoms with Crippen LogP contribution in [0.3, 0.4) is 0 Å². The molecule has 0 radical (unpaired) electrons. The summed E-state index contributed by atoms with van der Waals surface area (Å²) in [6.07, 6.45) is 9.16. The van der Waals surface area contributed by atoms with Crippen molar-refractivity contribution < 1.29 is 14.3 Å². The van der Waals surface area contributed by atoms with Crippen LogP contribution < -0.4 is 5.32 Å². The number of hydrogen-bond acceptors (Lipinski definition) is 5. The zero-order valence-corrected chi connectivity index (χ0v) is 18.2. The van der Waals surface area contributed by atoms with Gasteiger partial charge < -0.3 is 19.9 Å². The van der Waals surface area contributed by atoms with Crippen LogP contribution in [0, 0.1) is 5.41 Å². The fourth-order valence-corrected chi connectivity index (χ4v) is 6.26. The van der Waals surface area contributed by atoms with Gasteiger partial charge in [0.15, 0.2) is 0 Å². The second-order valence-electron chi connectivity index (χ2n) is 9.56. The van der Waals surface area contributed by atoms with E-state index in [1.54, 1.807) is 7.05 Å². The van der Waals surface area contributed by atoms with Gasteiger partial charge in [-0.25, -0.2) is 4.79 Å². The fourth-order valence-electron chi connectivity index (χ4n) is 6.26. The highest BCUT2D eigenvalue weighted by Crippen LogP contribution is 2.50. The van der Waals surface area contributed by atoms with Gasteiger partial charge in [-0.1, -0.05) is 6.42 Å². The molecule has 1 N–H and O–H groups in total. The molecule has 3 heterocycles. The van der Waals surface area contributed by atoms with E-state index >= 15 is 0 Å². The summed E-state index contributed by atoms with van der Waals surface area (Å²) < 4.78 is 5.18. The first-order chi connectivity index (χ1) is 14.0. The van der Waals surface area contributed by atoms with E-state index in [0.29, 0.717) is 24.1 Å². The molecule has 1 spiro atoms. The van der Waals surface area contributed by atoms with E-state index < -0.39 is 0 Å². The number of likely N-dealkylation sites (tertiary alicyclic amines) is 3. The van der Waals surface area contributed by atoms with Gasteiger partial charge in [0.2, 0.25) is 5.91 Å². The SMILES string of the molecule is CCOC(=O)N1CCC2(CC(N3CCC(N4CCCC[C@H]4C(=O)NC)CC3)C2)C1. The summed E-state index contributed by atoms with van der Waals surface area (Å²) in [4.78, 5) is 31.4. The minimum Gasteiger partial charge on any atom is -0.450 e. The molecular formula is C22H38N4O3. The summed E-state index contributed by atoms with van der Waals surface area (Å²) in [5.74, 6) is 0.195. The lowest BCUT2D eigenvalue weighted by atomic mass is 9.64. The van der Waals surface area contributed by atoms with Crippen molar-refractivity contribution in [2.24, 2.45) is 5.41 Å². The van der Waals surface area contributed by atoms with Crippen molar-refractivity contribution in [3.8, 4) is 0 Å². The van der Waals surface area contributed by atoms with Gasteiger partial charge in [0.25, 0.3) is 0 Å². The molecule has 164 valence electrons. The molecule has 3 aliphatic heterocycles. The minimum atomic E-state index is -0.138. The number of carbonyl (C=O) groups excluding carboxylic acids is 2. The first kappa shape index (κ1) is 20.9. The van der Waals surface area contributed by atoms with Crippen LogP contribution in [0.5, 0.6) is 0 Å². The fraction of sp³-hybridized carbons (Fsp3) is 0.909. The highest BCUT2D eigenvalue weighted by molar-refractivity contribution is 5.81. The number of rotatable bonds is 4. The first-order valence-electron chi connectivity index (χ1n) is 11.7. The lowest BCUT2D eigenvalue weighted by Crippen LogP contribution is -2.58. The number of nitrogens with zero attached hydrogens (tertiary/aromatic N) is 3. The van der Waals surface area contributed by atoms with Crippen LogP contribution in [0.15, 0.2) is 0 Å². The second kappa shape index (κ2) is 8.80. The molecule has 0 aromatic rings. The highest BCUT2D eigenvalue weighted by Gasteiger charge is 2.51. The maximum atomic E-state index is 12.3. The smallest absolute Gasteiger partial charge is 0.409 e. The average molecular weight is 407 g/mol. The van der Waals surface area contributed by atoms with Crippen molar-refractivity contribution in [3.05, 3.63) is 0 Å². The number of carbonyl (C=O) groups is 2. The van der Waals surface area contributed by atoms with Crippen molar-refractivity contribution in [3.63, 3.8) is 0 Å². The third kappa shape index (κ3) is 4.26. The lowest BCUT2D eigenvalue weighted by molar-refractivity contribution is -0.129. The molecule has 3 saturated heterocycles. The van der Waals surface area contributed by atoms with E-state index in [2.05, 4.69) is 15.1 Å². The Hall–Kier alpha value is -1.34. The topological polar surface area (TPSA) is 65.1 Å². The molecule has 7 heteroatoms. The van der Waals surface area contributed by atoms with E-state index in [1.807, 2.05) is 11.8 Å². The first-order valence-corrected chi connectivity index (χ1v) is 11.7. The molecule has 4 aliphatic rings. The second-order valence-corrected chi connectivity index (χ2v) is 9.56. The molecule has 29 heavy (non-hydrogen) atoms. The number of ether oxygens (including phenoxy) is 1. The van der Waals surface area contributed by atoms with E-state index in [4.69, 9.17) is 4.74 Å². The Kier molecular flexibility index (Phi) is 6.35. The van der Waals surface area contributed by atoms with E-state index in [9.17, 15) is 9.59 Å². The normalized spacial score (nSPS) is 34.2. The molecule has 1 saturated carbocycles. The number of nitrogens with one attached hydrogen (secondary N) is 1. The predicted molar refractivity (Wildman–Crippen MR) is 112 cm³/mol. The highest BCUT2D eigenvalue weighted by atomic mass is 16.6. The summed E-state index contributed by atoms with van der Waals surface area (Å²) in [6.45, 7) is 7.40. The Morgan fingerprint density at radius 2 is 1.79 bits per heavy atom. The van der Waals surface area contributed by atoms with E-state index in [-0.39, 0.29) is 18.0 Å². The van der Waals surface area contributed by atoms with Crippen LogP contribution in [-0.2, 0) is 9.53 Å². The van der Waals surface area contributed by atoms with Crippen molar-refractivity contribution >= 4 is 12.0 Å². The Bertz CT molecular complexity index is 599. The van der Waals surface area contributed by atoms with Crippen molar-refractivity contribution in [1.29, 1.82) is 0 Å². The monoisotopic (exact) mass is 406 g/mol. The van der Waals surface area contributed by atoms with E-state index in [0.717, 1.165) is 45.6 Å². The van der Waals surface area contributed by atoms with Crippen molar-refractivity contribution in [2.75, 3.05) is 46.4 Å². The average Bonchev–Trinajstić information content (AvgIpc) is 3.19. The van der Waals surface area contributed by atoms with Crippen LogP contribution >= 0.6 is 0 Å². The van der Waals surface area contributed by atoms with Crippen LogP contribution in [0.4, 0.5) is 4.79 Å². The van der Waals surface area contributed by atoms with Crippen LogP contribution in [0.25, 0.3) is 0 Å². The summed E-state index contributed by atoms with van der Waals surface area (Å²) in [6, 6.07) is 1.30. The summed E-state index contributed by atoms with van der Waals surface area (Å²) >= 11 is 0. The molecule has 1 atom stereocenters. The molecule has 0 unspecified atom stereocenters. The summed E-state index contributed by atoms with van der Waals surface area (Å²) in [5, 5.41) is 2.87. The molecule has 0 aromatic carbocycles. The number of likely N-dealkylation sites (N-methyl/N-ethyl adjacent to an activating group) is 1. The standard InChI is InChI=1S/C22H38N4O3/c1-3-29-21(28)25-13-9-22(16-25)14-18(15-22)24-11-7-17(8-12-24)26-10-5-4-6-19(26)20(27)23-2/h17-19H,3-16H2,1-2H3,(H,23,27)/t18?,19-,22?/m0/s1. The summed E-state index contributed by atoms with van der Waals surface area (Å²) in [7, 11) is 1.76. The molecule has 7 nitrogen and oxygen atoms in total. The quantitative estimate of drug-likeness (QED) is 0.774. The Morgan fingerprint density at radius 3 is 2.48 bits per heavy atom. The van der Waals surface area contributed by atoms with Gasteiger partial charge in [0, 0.05) is 32.2 Å². The van der Waals surface area contributed by atoms with Gasteiger partial charge in [0.1, 0.15) is 0 Å². The third-order valence-electron chi connectivity index (χ3n) is 7.88. The molecular weight excluding hydrogens is 368 g/mol. The van der Waals surface area contributed by atoms with Crippen LogP contribution in [0.2, 0.25) is 0 Å². The van der Waals surface area contributed by atoms with Gasteiger partial charge in [-0.05, 0) is 76.9 Å². The molecule has 1 aliphatic carbocycles. The number of hydrogen-bond donors (Lipinski definition) is 1. The van der Waals surface area contributed by atoms with Crippen LogP contribution in [0.1, 0.15) is 58.3 Å². The third-order valence-corrected chi connectivity index (χ3v) is 7.88. The summed E-state index contributed by atoms with van der Waals surface area (Å²) in [5.41, 5.74) is 0.339.